The predicted octanol–water partition coefficient (Wildman–Crippen LogP) is 5.09. The molecule has 1 unspecified atom stereocenters. The Morgan fingerprint density at radius 2 is 2.30 bits per heavy atom. The molecular weight excluding hydrogens is 411 g/mol. The Hall–Kier alpha value is -0.530. The number of carbonyl (C=O) groups is 1. The Balaban J connectivity index is 2.14. The van der Waals surface area contributed by atoms with Crippen LogP contribution >= 0.6 is 43.2 Å². The fourth-order valence-electron chi connectivity index (χ4n) is 1.71. The quantitative estimate of drug-likeness (QED) is 0.680. The van der Waals surface area contributed by atoms with E-state index in [9.17, 15) is 9.18 Å². The van der Waals surface area contributed by atoms with E-state index in [0.29, 0.717) is 14.3 Å². The summed E-state index contributed by atoms with van der Waals surface area (Å²) in [5.41, 5.74) is 0.285. The first-order valence-electron chi connectivity index (χ1n) is 6.21. The average Bonchev–Trinajstić information content (AvgIpc) is 2.78. The van der Waals surface area contributed by atoms with Gasteiger partial charge < -0.3 is 5.32 Å². The molecule has 0 aliphatic rings. The molecule has 1 aromatic heterocycles. The van der Waals surface area contributed by atoms with Crippen molar-refractivity contribution in [1.29, 1.82) is 0 Å². The topological polar surface area (TPSA) is 42.0 Å². The zero-order valence-electron chi connectivity index (χ0n) is 10.8. The van der Waals surface area contributed by atoms with Crippen molar-refractivity contribution in [1.82, 2.24) is 4.98 Å². The van der Waals surface area contributed by atoms with E-state index in [4.69, 9.17) is 0 Å². The molecule has 0 radical (unpaired) electrons. The number of carbonyl (C=O) groups excluding carboxylic acids is 1. The third-order valence-electron chi connectivity index (χ3n) is 2.74. The Kier molecular flexibility index (Phi) is 5.51. The van der Waals surface area contributed by atoms with Crippen molar-refractivity contribution >= 4 is 64.5 Å². The normalized spacial score (nSPS) is 12.6. The number of hydrogen-bond donors (Lipinski definition) is 1. The molecule has 2 rings (SSSR count). The predicted molar refractivity (Wildman–Crippen MR) is 88.1 cm³/mol. The molecule has 0 saturated carbocycles. The molecule has 2 aromatic rings. The van der Waals surface area contributed by atoms with Crippen LogP contribution in [0.2, 0.25) is 0 Å². The van der Waals surface area contributed by atoms with Crippen molar-refractivity contribution in [3.05, 3.63) is 22.4 Å². The minimum atomic E-state index is -0.396. The second kappa shape index (κ2) is 6.95. The number of alkyl halides is 1. The van der Waals surface area contributed by atoms with E-state index >= 15 is 0 Å². The zero-order valence-corrected chi connectivity index (χ0v) is 14.7. The standard InChI is InChI=1S/C13H13Br2FN2OS/c1-2-3-4-8(15)12(19)18-13-17-11-9(16)5-7(14)6-10(11)20-13/h5-6,8H,2-4H2,1H3,(H,17,18,19). The van der Waals surface area contributed by atoms with E-state index < -0.39 is 5.82 Å². The second-order valence-corrected chi connectivity index (χ2v) is 7.40. The maximum absolute atomic E-state index is 13.7. The number of unbranched alkanes of at least 4 members (excludes halogenated alkanes) is 1. The van der Waals surface area contributed by atoms with Gasteiger partial charge in [0.15, 0.2) is 10.9 Å². The summed E-state index contributed by atoms with van der Waals surface area (Å²) >= 11 is 7.86. The van der Waals surface area contributed by atoms with Crippen LogP contribution in [0.5, 0.6) is 0 Å². The van der Waals surface area contributed by atoms with Crippen molar-refractivity contribution in [3.8, 4) is 0 Å². The smallest absolute Gasteiger partial charge is 0.239 e. The van der Waals surface area contributed by atoms with Gasteiger partial charge in [0, 0.05) is 4.47 Å². The van der Waals surface area contributed by atoms with Crippen molar-refractivity contribution in [2.24, 2.45) is 0 Å². The highest BCUT2D eigenvalue weighted by molar-refractivity contribution is 9.10. The first-order valence-corrected chi connectivity index (χ1v) is 8.74. The lowest BCUT2D eigenvalue weighted by atomic mass is 10.2. The molecule has 0 aliphatic carbocycles. The Morgan fingerprint density at radius 1 is 1.55 bits per heavy atom. The lowest BCUT2D eigenvalue weighted by Gasteiger charge is -2.07. The van der Waals surface area contributed by atoms with Gasteiger partial charge in [0.1, 0.15) is 5.52 Å². The summed E-state index contributed by atoms with van der Waals surface area (Å²) in [6.45, 7) is 2.08. The van der Waals surface area contributed by atoms with Crippen LogP contribution < -0.4 is 5.32 Å². The number of thiazole rings is 1. The number of rotatable bonds is 5. The molecule has 1 N–H and O–H groups in total. The average molecular weight is 424 g/mol. The molecule has 0 aliphatic heterocycles. The lowest BCUT2D eigenvalue weighted by Crippen LogP contribution is -2.22. The molecule has 108 valence electrons. The van der Waals surface area contributed by atoms with Crippen LogP contribution in [0, 0.1) is 5.82 Å². The summed E-state index contributed by atoms with van der Waals surface area (Å²) in [7, 11) is 0. The van der Waals surface area contributed by atoms with Gasteiger partial charge in [0.05, 0.1) is 9.53 Å². The summed E-state index contributed by atoms with van der Waals surface area (Å²) in [4.78, 5) is 15.8. The minimum absolute atomic E-state index is 0.142. The van der Waals surface area contributed by atoms with Gasteiger partial charge in [-0.05, 0) is 18.6 Å². The molecule has 1 heterocycles. The molecular formula is C13H13Br2FN2OS. The third-order valence-corrected chi connectivity index (χ3v) is 4.99. The maximum Gasteiger partial charge on any atom is 0.239 e. The summed E-state index contributed by atoms with van der Waals surface area (Å²) in [5, 5.41) is 3.15. The van der Waals surface area contributed by atoms with Crippen LogP contribution in [-0.4, -0.2) is 15.7 Å². The molecule has 1 amide bonds. The first kappa shape index (κ1) is 15.9. The number of benzene rings is 1. The maximum atomic E-state index is 13.7. The highest BCUT2D eigenvalue weighted by atomic mass is 79.9. The van der Waals surface area contributed by atoms with Crippen molar-refractivity contribution in [2.45, 2.75) is 31.0 Å². The fraction of sp³-hybridized carbons (Fsp3) is 0.385. The highest BCUT2D eigenvalue weighted by Gasteiger charge is 2.17. The van der Waals surface area contributed by atoms with E-state index in [2.05, 4.69) is 49.1 Å². The number of halogens is 3. The molecule has 0 bridgehead atoms. The molecule has 0 spiro atoms. The molecule has 0 saturated heterocycles. The zero-order chi connectivity index (χ0) is 14.7. The number of hydrogen-bond acceptors (Lipinski definition) is 3. The highest BCUT2D eigenvalue weighted by Crippen LogP contribution is 2.31. The van der Waals surface area contributed by atoms with Gasteiger partial charge in [-0.15, -0.1) is 0 Å². The Bertz CT molecular complexity index is 632. The number of aromatic nitrogens is 1. The number of nitrogens with one attached hydrogen (secondary N) is 1. The van der Waals surface area contributed by atoms with Gasteiger partial charge in [-0.25, -0.2) is 9.37 Å². The summed E-state index contributed by atoms with van der Waals surface area (Å²) in [6.07, 6.45) is 2.79. The first-order chi connectivity index (χ1) is 9.51. The SMILES string of the molecule is CCCCC(Br)C(=O)Nc1nc2c(F)cc(Br)cc2s1. The summed E-state index contributed by atoms with van der Waals surface area (Å²) in [5.74, 6) is -0.538. The fourth-order valence-corrected chi connectivity index (χ4v) is 3.65. The van der Waals surface area contributed by atoms with Gasteiger partial charge >= 0.3 is 0 Å². The third kappa shape index (κ3) is 3.77. The number of amides is 1. The van der Waals surface area contributed by atoms with Crippen LogP contribution in [0.25, 0.3) is 10.2 Å². The lowest BCUT2D eigenvalue weighted by molar-refractivity contribution is -0.115. The van der Waals surface area contributed by atoms with Crippen molar-refractivity contribution in [3.63, 3.8) is 0 Å². The largest absolute Gasteiger partial charge is 0.301 e. The molecule has 20 heavy (non-hydrogen) atoms. The van der Waals surface area contributed by atoms with E-state index in [1.807, 2.05) is 0 Å². The Morgan fingerprint density at radius 3 is 3.00 bits per heavy atom. The van der Waals surface area contributed by atoms with Crippen LogP contribution in [0.15, 0.2) is 16.6 Å². The van der Waals surface area contributed by atoms with E-state index in [-0.39, 0.29) is 16.3 Å². The minimum Gasteiger partial charge on any atom is -0.301 e. The molecule has 1 atom stereocenters. The molecule has 0 fully saturated rings. The van der Waals surface area contributed by atoms with Gasteiger partial charge in [-0.3, -0.25) is 4.79 Å². The van der Waals surface area contributed by atoms with Crippen molar-refractivity contribution < 1.29 is 9.18 Å². The number of fused-ring (bicyclic) bond motifs is 1. The van der Waals surface area contributed by atoms with Crippen molar-refractivity contribution in [2.75, 3.05) is 5.32 Å². The summed E-state index contributed by atoms with van der Waals surface area (Å²) in [6, 6.07) is 3.15. The van der Waals surface area contributed by atoms with Crippen LogP contribution in [0.3, 0.4) is 0 Å². The monoisotopic (exact) mass is 422 g/mol. The molecule has 3 nitrogen and oxygen atoms in total. The molecule has 7 heteroatoms. The van der Waals surface area contributed by atoms with E-state index in [1.54, 1.807) is 6.07 Å². The number of nitrogens with zero attached hydrogens (tertiary/aromatic N) is 1. The number of anilines is 1. The van der Waals surface area contributed by atoms with Gasteiger partial charge in [-0.2, -0.15) is 0 Å². The summed E-state index contributed by atoms with van der Waals surface area (Å²) < 4.78 is 15.1. The van der Waals surface area contributed by atoms with E-state index in [1.165, 1.54) is 17.4 Å². The second-order valence-electron chi connectivity index (χ2n) is 4.35. The molecule has 1 aromatic carbocycles. The van der Waals surface area contributed by atoms with Crippen LogP contribution in [0.1, 0.15) is 26.2 Å². The Labute approximate surface area is 137 Å². The van der Waals surface area contributed by atoms with Gasteiger partial charge in [0.2, 0.25) is 5.91 Å². The van der Waals surface area contributed by atoms with Crippen LogP contribution in [-0.2, 0) is 4.79 Å². The van der Waals surface area contributed by atoms with Gasteiger partial charge in [-0.1, -0.05) is 63.0 Å². The van der Waals surface area contributed by atoms with E-state index in [0.717, 1.165) is 19.3 Å². The van der Waals surface area contributed by atoms with Crippen LogP contribution in [0.4, 0.5) is 9.52 Å². The van der Waals surface area contributed by atoms with Gasteiger partial charge in [0.25, 0.3) is 0 Å².